The van der Waals surface area contributed by atoms with Crippen LogP contribution < -0.4 is 4.74 Å². The molecule has 3 rings (SSSR count). The van der Waals surface area contributed by atoms with E-state index in [-0.39, 0.29) is 17.2 Å². The highest BCUT2D eigenvalue weighted by Gasteiger charge is 2.20. The molecule has 0 atom stereocenters. The van der Waals surface area contributed by atoms with Gasteiger partial charge in [0, 0.05) is 28.6 Å². The highest BCUT2D eigenvalue weighted by atomic mass is 16.6. The normalized spacial score (nSPS) is 10.8. The second kappa shape index (κ2) is 6.16. The molecule has 24 heavy (non-hydrogen) atoms. The van der Waals surface area contributed by atoms with Crippen LogP contribution >= 0.6 is 0 Å². The topological polar surface area (TPSA) is 82.6 Å². The summed E-state index contributed by atoms with van der Waals surface area (Å²) in [5.41, 5.74) is 1.70. The molecule has 0 spiro atoms. The molecule has 0 aliphatic rings. The lowest BCUT2D eigenvalue weighted by molar-refractivity contribution is -0.384. The fourth-order valence-corrected chi connectivity index (χ4v) is 2.72. The van der Waals surface area contributed by atoms with Crippen molar-refractivity contribution in [2.45, 2.75) is 13.3 Å². The first-order valence-electron chi connectivity index (χ1n) is 7.43. The molecule has 0 radical (unpaired) electrons. The number of benzene rings is 2. The summed E-state index contributed by atoms with van der Waals surface area (Å²) in [6.45, 7) is 1.94. The van der Waals surface area contributed by atoms with Gasteiger partial charge in [-0.05, 0) is 24.6 Å². The van der Waals surface area contributed by atoms with Gasteiger partial charge in [0.05, 0.1) is 12.0 Å². The van der Waals surface area contributed by atoms with Crippen molar-refractivity contribution < 1.29 is 18.9 Å². The molecule has 0 amide bonds. The summed E-state index contributed by atoms with van der Waals surface area (Å²) in [5, 5.41) is 11.4. The zero-order chi connectivity index (χ0) is 17.3. The lowest BCUT2D eigenvalue weighted by Crippen LogP contribution is -2.05. The van der Waals surface area contributed by atoms with Gasteiger partial charge in [0.2, 0.25) is 5.78 Å². The van der Waals surface area contributed by atoms with Crippen LogP contribution in [0.2, 0.25) is 0 Å². The number of hydrogen-bond acceptors (Lipinski definition) is 5. The van der Waals surface area contributed by atoms with Crippen molar-refractivity contribution in [2.75, 3.05) is 7.11 Å². The van der Waals surface area contributed by atoms with Crippen LogP contribution in [0.25, 0.3) is 11.0 Å². The number of hydrogen-bond donors (Lipinski definition) is 0. The van der Waals surface area contributed by atoms with Gasteiger partial charge >= 0.3 is 0 Å². The molecule has 3 aromatic rings. The molecule has 0 bridgehead atoms. The standard InChI is InChI=1S/C18H15NO5/c1-3-13-14(5-4-6-16(13)23-2)18(20)17-10-11-9-12(19(21)22)7-8-15(11)24-17/h4-10H,3H2,1-2H3. The van der Waals surface area contributed by atoms with Gasteiger partial charge in [0.15, 0.2) is 5.76 Å². The van der Waals surface area contributed by atoms with Gasteiger partial charge < -0.3 is 9.15 Å². The summed E-state index contributed by atoms with van der Waals surface area (Å²) in [4.78, 5) is 23.2. The zero-order valence-corrected chi connectivity index (χ0v) is 13.2. The van der Waals surface area contributed by atoms with Gasteiger partial charge in [-0.15, -0.1) is 0 Å². The predicted octanol–water partition coefficient (Wildman–Crippen LogP) is 4.14. The van der Waals surface area contributed by atoms with Crippen molar-refractivity contribution in [1.82, 2.24) is 0 Å². The third-order valence-electron chi connectivity index (χ3n) is 3.89. The molecule has 0 aliphatic heterocycles. The number of carbonyl (C=O) groups excluding carboxylic acids is 1. The Labute approximate surface area is 137 Å². The first-order valence-corrected chi connectivity index (χ1v) is 7.43. The summed E-state index contributed by atoms with van der Waals surface area (Å²) in [7, 11) is 1.56. The van der Waals surface area contributed by atoms with Crippen LogP contribution in [0.4, 0.5) is 5.69 Å². The Hall–Kier alpha value is -3.15. The Morgan fingerprint density at radius 2 is 2.04 bits per heavy atom. The molecule has 0 unspecified atom stereocenters. The van der Waals surface area contributed by atoms with Crippen molar-refractivity contribution >= 4 is 22.4 Å². The highest BCUT2D eigenvalue weighted by molar-refractivity contribution is 6.10. The Balaban J connectivity index is 2.07. The van der Waals surface area contributed by atoms with Crippen molar-refractivity contribution in [3.63, 3.8) is 0 Å². The van der Waals surface area contributed by atoms with E-state index in [2.05, 4.69) is 0 Å². The molecule has 6 heteroatoms. The van der Waals surface area contributed by atoms with Crippen LogP contribution in [-0.2, 0) is 6.42 Å². The molecular weight excluding hydrogens is 310 g/mol. The third kappa shape index (κ3) is 2.62. The number of fused-ring (bicyclic) bond motifs is 1. The average molecular weight is 325 g/mol. The predicted molar refractivity (Wildman–Crippen MR) is 88.7 cm³/mol. The van der Waals surface area contributed by atoms with Crippen LogP contribution in [0.5, 0.6) is 5.75 Å². The summed E-state index contributed by atoms with van der Waals surface area (Å²) in [5.74, 6) is 0.521. The SMILES string of the molecule is CCc1c(OC)cccc1C(=O)c1cc2cc([N+](=O)[O-])ccc2o1. The third-order valence-corrected chi connectivity index (χ3v) is 3.89. The van der Waals surface area contributed by atoms with E-state index in [1.807, 2.05) is 6.92 Å². The van der Waals surface area contributed by atoms with E-state index in [9.17, 15) is 14.9 Å². The van der Waals surface area contributed by atoms with E-state index in [1.54, 1.807) is 25.3 Å². The number of ether oxygens (including phenoxy) is 1. The van der Waals surface area contributed by atoms with Gasteiger partial charge in [-0.25, -0.2) is 0 Å². The first kappa shape index (κ1) is 15.7. The molecule has 0 saturated carbocycles. The van der Waals surface area contributed by atoms with Crippen molar-refractivity contribution in [3.8, 4) is 5.75 Å². The zero-order valence-electron chi connectivity index (χ0n) is 13.2. The Morgan fingerprint density at radius 1 is 1.25 bits per heavy atom. The van der Waals surface area contributed by atoms with Crippen molar-refractivity contribution in [3.05, 3.63) is 69.5 Å². The van der Waals surface area contributed by atoms with Gasteiger partial charge in [-0.2, -0.15) is 0 Å². The van der Waals surface area contributed by atoms with Crippen LogP contribution in [-0.4, -0.2) is 17.8 Å². The number of ketones is 1. The molecule has 0 fully saturated rings. The van der Waals surface area contributed by atoms with E-state index < -0.39 is 4.92 Å². The van der Waals surface area contributed by atoms with E-state index in [4.69, 9.17) is 9.15 Å². The molecule has 122 valence electrons. The van der Waals surface area contributed by atoms with Crippen molar-refractivity contribution in [2.24, 2.45) is 0 Å². The Morgan fingerprint density at radius 3 is 2.71 bits per heavy atom. The summed E-state index contributed by atoms with van der Waals surface area (Å²) >= 11 is 0. The summed E-state index contributed by atoms with van der Waals surface area (Å²) < 4.78 is 10.9. The number of nitro benzene ring substituents is 1. The molecule has 0 aliphatic carbocycles. The molecule has 2 aromatic carbocycles. The number of furan rings is 1. The molecule has 1 heterocycles. The number of rotatable bonds is 5. The molecule has 1 aromatic heterocycles. The minimum atomic E-state index is -0.481. The van der Waals surface area contributed by atoms with Crippen LogP contribution in [0.3, 0.4) is 0 Å². The number of nitrogens with zero attached hydrogens (tertiary/aromatic N) is 1. The first-order chi connectivity index (χ1) is 11.5. The highest BCUT2D eigenvalue weighted by Crippen LogP contribution is 2.29. The summed E-state index contributed by atoms with van der Waals surface area (Å²) in [6, 6.07) is 11.0. The monoisotopic (exact) mass is 325 g/mol. The van der Waals surface area contributed by atoms with Gasteiger partial charge in [-0.3, -0.25) is 14.9 Å². The fraction of sp³-hybridized carbons (Fsp3) is 0.167. The molecule has 0 N–H and O–H groups in total. The Bertz CT molecular complexity index is 942. The molecule has 0 saturated heterocycles. The summed E-state index contributed by atoms with van der Waals surface area (Å²) in [6.07, 6.45) is 0.636. The second-order valence-electron chi connectivity index (χ2n) is 5.26. The number of carbonyl (C=O) groups is 1. The van der Waals surface area contributed by atoms with E-state index in [0.717, 1.165) is 5.56 Å². The second-order valence-corrected chi connectivity index (χ2v) is 5.26. The van der Waals surface area contributed by atoms with Gasteiger partial charge in [0.1, 0.15) is 11.3 Å². The van der Waals surface area contributed by atoms with E-state index in [0.29, 0.717) is 28.7 Å². The quantitative estimate of drug-likeness (QED) is 0.400. The minimum absolute atomic E-state index is 0.0436. The smallest absolute Gasteiger partial charge is 0.270 e. The van der Waals surface area contributed by atoms with Crippen molar-refractivity contribution in [1.29, 1.82) is 0 Å². The van der Waals surface area contributed by atoms with E-state index in [1.165, 1.54) is 24.3 Å². The number of nitro groups is 1. The van der Waals surface area contributed by atoms with Gasteiger partial charge in [0.25, 0.3) is 5.69 Å². The van der Waals surface area contributed by atoms with Crippen LogP contribution in [0.15, 0.2) is 46.9 Å². The Kier molecular flexibility index (Phi) is 4.04. The maximum Gasteiger partial charge on any atom is 0.270 e. The largest absolute Gasteiger partial charge is 0.496 e. The minimum Gasteiger partial charge on any atom is -0.496 e. The maximum absolute atomic E-state index is 12.8. The van der Waals surface area contributed by atoms with Crippen LogP contribution in [0.1, 0.15) is 28.6 Å². The van der Waals surface area contributed by atoms with Crippen LogP contribution in [0, 0.1) is 10.1 Å². The maximum atomic E-state index is 12.8. The fourth-order valence-electron chi connectivity index (χ4n) is 2.72. The van der Waals surface area contributed by atoms with Gasteiger partial charge in [-0.1, -0.05) is 19.1 Å². The lowest BCUT2D eigenvalue weighted by atomic mass is 9.99. The molecular formula is C18H15NO5. The number of non-ortho nitro benzene ring substituents is 1. The van der Waals surface area contributed by atoms with E-state index >= 15 is 0 Å². The number of methoxy groups -OCH3 is 1. The average Bonchev–Trinajstić information content (AvgIpc) is 3.03. The molecule has 6 nitrogen and oxygen atoms in total. The lowest BCUT2D eigenvalue weighted by Gasteiger charge is -2.10.